The number of fused-ring (bicyclic) bond motifs is 1. The molecule has 29 heavy (non-hydrogen) atoms. The fraction of sp³-hybridized carbons (Fsp3) is 0.417. The van der Waals surface area contributed by atoms with Crippen LogP contribution in [0, 0.1) is 10.8 Å². The quantitative estimate of drug-likeness (QED) is 0.811. The van der Waals surface area contributed by atoms with Crippen LogP contribution in [0.25, 0.3) is 0 Å². The number of benzene rings is 1. The Labute approximate surface area is 171 Å². The molecule has 0 aromatic heterocycles. The summed E-state index contributed by atoms with van der Waals surface area (Å²) in [6.07, 6.45) is 4.19. The van der Waals surface area contributed by atoms with Crippen molar-refractivity contribution in [3.63, 3.8) is 0 Å². The number of ether oxygens (including phenoxy) is 2. The Balaban J connectivity index is 2.37. The summed E-state index contributed by atoms with van der Waals surface area (Å²) in [6, 6.07) is 3.41. The van der Waals surface area contributed by atoms with Gasteiger partial charge >= 0.3 is 0 Å². The highest BCUT2D eigenvalue weighted by atomic mass is 16.5. The van der Waals surface area contributed by atoms with Crippen LogP contribution in [0.1, 0.15) is 45.6 Å². The number of hydrogen-bond acceptors (Lipinski definition) is 5. The third kappa shape index (κ3) is 2.60. The normalized spacial score (nSPS) is 29.3. The molecule has 0 fully saturated rings. The van der Waals surface area contributed by atoms with E-state index in [1.165, 1.54) is 14.2 Å². The Hall–Kier alpha value is -2.82. The number of phenols is 1. The molecule has 0 saturated carbocycles. The molecule has 0 radical (unpaired) electrons. The summed E-state index contributed by atoms with van der Waals surface area (Å²) in [6.45, 7) is 11.1. The summed E-state index contributed by atoms with van der Waals surface area (Å²) >= 11 is 0. The summed E-state index contributed by atoms with van der Waals surface area (Å²) in [5.74, 6) is -0.0979. The lowest BCUT2D eigenvalue weighted by Crippen LogP contribution is -2.57. The van der Waals surface area contributed by atoms with E-state index in [1.807, 2.05) is 19.9 Å². The first-order valence-corrected chi connectivity index (χ1v) is 9.62. The van der Waals surface area contributed by atoms with Crippen molar-refractivity contribution in [1.82, 2.24) is 0 Å². The molecule has 5 nitrogen and oxygen atoms in total. The molecule has 3 unspecified atom stereocenters. The van der Waals surface area contributed by atoms with Gasteiger partial charge in [-0.1, -0.05) is 32.6 Å². The number of Topliss-reactive ketones (excluding diaryl/α,β-unsaturated/α-hetero) is 2. The van der Waals surface area contributed by atoms with Gasteiger partial charge in [0.05, 0.1) is 19.6 Å². The Kier molecular flexibility index (Phi) is 4.98. The van der Waals surface area contributed by atoms with E-state index in [-0.39, 0.29) is 28.8 Å². The fourth-order valence-corrected chi connectivity index (χ4v) is 4.97. The highest BCUT2D eigenvalue weighted by Gasteiger charge is 2.63. The van der Waals surface area contributed by atoms with Crippen LogP contribution in [0.15, 0.2) is 47.6 Å². The second kappa shape index (κ2) is 6.90. The second-order valence-corrected chi connectivity index (χ2v) is 8.26. The van der Waals surface area contributed by atoms with Crippen molar-refractivity contribution in [3.05, 3.63) is 53.1 Å². The monoisotopic (exact) mass is 396 g/mol. The molecule has 0 amide bonds. The number of rotatable bonds is 4. The summed E-state index contributed by atoms with van der Waals surface area (Å²) in [5, 5.41) is 10.3. The van der Waals surface area contributed by atoms with Gasteiger partial charge in [0.2, 0.25) is 5.75 Å². The van der Waals surface area contributed by atoms with Crippen LogP contribution >= 0.6 is 0 Å². The molecule has 0 saturated heterocycles. The van der Waals surface area contributed by atoms with E-state index in [2.05, 4.69) is 6.58 Å². The van der Waals surface area contributed by atoms with Crippen LogP contribution in [0.3, 0.4) is 0 Å². The number of phenolic OH excluding ortho intramolecular Hbond substituents is 1. The number of methoxy groups -OCH3 is 2. The number of carbonyl (C=O) groups excluding carboxylic acids is 2. The Bertz CT molecular complexity index is 958. The van der Waals surface area contributed by atoms with Gasteiger partial charge in [0.15, 0.2) is 23.1 Å². The van der Waals surface area contributed by atoms with Crippen molar-refractivity contribution in [2.24, 2.45) is 10.8 Å². The van der Waals surface area contributed by atoms with Gasteiger partial charge in [-0.2, -0.15) is 0 Å². The first kappa shape index (κ1) is 20.9. The van der Waals surface area contributed by atoms with Gasteiger partial charge in [0, 0.05) is 11.3 Å². The Morgan fingerprint density at radius 3 is 2.07 bits per heavy atom. The molecule has 3 atom stereocenters. The standard InChI is InChI=1S/C24H28O5/c1-8-15-9-10-23(4)21(26)13(2)14(3)22(27)24(23,5)19(15)16-11-17(28-6)20(25)18(12-16)29-7/h8-9,11-12,19,25H,1,10H2,2-7H3. The van der Waals surface area contributed by atoms with Crippen LogP contribution in [0.5, 0.6) is 17.2 Å². The van der Waals surface area contributed by atoms with Crippen molar-refractivity contribution in [2.45, 2.75) is 40.0 Å². The zero-order valence-corrected chi connectivity index (χ0v) is 17.9. The first-order valence-electron chi connectivity index (χ1n) is 9.62. The smallest absolute Gasteiger partial charge is 0.200 e. The molecule has 154 valence electrons. The summed E-state index contributed by atoms with van der Waals surface area (Å²) < 4.78 is 10.7. The number of allylic oxidation sites excluding steroid dienone is 5. The molecule has 0 spiro atoms. The minimum atomic E-state index is -1.01. The van der Waals surface area contributed by atoms with Crippen molar-refractivity contribution in [1.29, 1.82) is 0 Å². The molecule has 1 aromatic rings. The molecule has 2 aliphatic carbocycles. The molecular formula is C24H28O5. The van der Waals surface area contributed by atoms with Crippen LogP contribution in [-0.4, -0.2) is 30.9 Å². The van der Waals surface area contributed by atoms with Gasteiger partial charge in [-0.25, -0.2) is 0 Å². The van der Waals surface area contributed by atoms with E-state index < -0.39 is 16.7 Å². The molecule has 0 aliphatic heterocycles. The Morgan fingerprint density at radius 2 is 1.59 bits per heavy atom. The summed E-state index contributed by atoms with van der Waals surface area (Å²) in [5.41, 5.74) is 0.730. The van der Waals surface area contributed by atoms with Gasteiger partial charge in [-0.05, 0) is 54.7 Å². The zero-order chi connectivity index (χ0) is 21.7. The number of aromatic hydroxyl groups is 1. The maximum Gasteiger partial charge on any atom is 0.200 e. The number of hydrogen-bond donors (Lipinski definition) is 1. The fourth-order valence-electron chi connectivity index (χ4n) is 4.97. The van der Waals surface area contributed by atoms with Crippen LogP contribution in [0.4, 0.5) is 0 Å². The highest BCUT2D eigenvalue weighted by molar-refractivity contribution is 6.17. The SMILES string of the molecule is C=CC1=CCC2(C)C(=O)C(C)=C(C)C(=O)C2(C)C1c1cc(OC)c(O)c(OC)c1. The third-order valence-corrected chi connectivity index (χ3v) is 7.09. The van der Waals surface area contributed by atoms with Gasteiger partial charge < -0.3 is 14.6 Å². The molecule has 5 heteroatoms. The first-order chi connectivity index (χ1) is 13.6. The predicted octanol–water partition coefficient (Wildman–Crippen LogP) is 4.51. The number of carbonyl (C=O) groups is 2. The van der Waals surface area contributed by atoms with E-state index in [9.17, 15) is 14.7 Å². The zero-order valence-electron chi connectivity index (χ0n) is 17.9. The van der Waals surface area contributed by atoms with Crippen LogP contribution in [-0.2, 0) is 9.59 Å². The molecule has 1 aromatic carbocycles. The van der Waals surface area contributed by atoms with E-state index in [0.717, 1.165) is 11.1 Å². The third-order valence-electron chi connectivity index (χ3n) is 7.09. The molecule has 3 rings (SSSR count). The molecular weight excluding hydrogens is 368 g/mol. The minimum Gasteiger partial charge on any atom is -0.502 e. The van der Waals surface area contributed by atoms with Gasteiger partial charge in [-0.15, -0.1) is 0 Å². The lowest BCUT2D eigenvalue weighted by Gasteiger charge is -2.54. The van der Waals surface area contributed by atoms with Crippen molar-refractivity contribution < 1.29 is 24.2 Å². The topological polar surface area (TPSA) is 72.8 Å². The van der Waals surface area contributed by atoms with Crippen LogP contribution in [0.2, 0.25) is 0 Å². The molecule has 2 aliphatic rings. The van der Waals surface area contributed by atoms with Crippen molar-refractivity contribution >= 4 is 11.6 Å². The lowest BCUT2D eigenvalue weighted by molar-refractivity contribution is -0.147. The van der Waals surface area contributed by atoms with E-state index in [0.29, 0.717) is 17.6 Å². The largest absolute Gasteiger partial charge is 0.502 e. The van der Waals surface area contributed by atoms with Gasteiger partial charge in [-0.3, -0.25) is 9.59 Å². The van der Waals surface area contributed by atoms with E-state index in [4.69, 9.17) is 9.47 Å². The average Bonchev–Trinajstić information content (AvgIpc) is 2.72. The van der Waals surface area contributed by atoms with Gasteiger partial charge in [0.1, 0.15) is 0 Å². The molecule has 1 N–H and O–H groups in total. The molecule has 0 heterocycles. The van der Waals surface area contributed by atoms with Gasteiger partial charge in [0.25, 0.3) is 0 Å². The van der Waals surface area contributed by atoms with Crippen molar-refractivity contribution in [3.8, 4) is 17.2 Å². The Morgan fingerprint density at radius 1 is 1.07 bits per heavy atom. The predicted molar refractivity (Wildman–Crippen MR) is 111 cm³/mol. The maximum absolute atomic E-state index is 13.7. The maximum atomic E-state index is 13.7. The van der Waals surface area contributed by atoms with Crippen LogP contribution < -0.4 is 9.47 Å². The minimum absolute atomic E-state index is 0.000768. The van der Waals surface area contributed by atoms with Crippen molar-refractivity contribution in [2.75, 3.05) is 14.2 Å². The number of ketones is 2. The summed E-state index contributed by atoms with van der Waals surface area (Å²) in [7, 11) is 2.92. The second-order valence-electron chi connectivity index (χ2n) is 8.26. The van der Waals surface area contributed by atoms with E-state index >= 15 is 0 Å². The summed E-state index contributed by atoms with van der Waals surface area (Å²) in [4.78, 5) is 27.0. The lowest BCUT2D eigenvalue weighted by atomic mass is 9.45. The highest BCUT2D eigenvalue weighted by Crippen LogP contribution is 2.62. The van der Waals surface area contributed by atoms with E-state index in [1.54, 1.807) is 32.1 Å². The molecule has 0 bridgehead atoms. The average molecular weight is 396 g/mol.